The molecule has 0 unspecified atom stereocenters. The van der Waals surface area contributed by atoms with Gasteiger partial charge in [0.2, 0.25) is 0 Å². The van der Waals surface area contributed by atoms with Gasteiger partial charge in [-0.25, -0.2) is 9.18 Å². The summed E-state index contributed by atoms with van der Waals surface area (Å²) in [6.07, 6.45) is 0. The predicted octanol–water partition coefficient (Wildman–Crippen LogP) is 2.51. The number of ether oxygens (including phenoxy) is 1. The Hall–Kier alpha value is -2.25. The van der Waals surface area contributed by atoms with Gasteiger partial charge in [0.25, 0.3) is 5.56 Å². The first-order valence-electron chi connectivity index (χ1n) is 7.04. The number of nitrogens with one attached hydrogen (secondary N) is 1. The summed E-state index contributed by atoms with van der Waals surface area (Å²) in [5.41, 5.74) is 0.672. The molecule has 7 heteroatoms. The molecule has 0 fully saturated rings. The van der Waals surface area contributed by atoms with Crippen molar-refractivity contribution in [2.45, 2.75) is 13.5 Å². The van der Waals surface area contributed by atoms with Crippen LogP contribution in [-0.2, 0) is 11.3 Å². The van der Waals surface area contributed by atoms with Crippen LogP contribution in [0.15, 0.2) is 33.9 Å². The Kier molecular flexibility index (Phi) is 4.14. The molecule has 120 valence electrons. The van der Waals surface area contributed by atoms with E-state index in [1.165, 1.54) is 30.6 Å². The van der Waals surface area contributed by atoms with E-state index < -0.39 is 5.69 Å². The first kappa shape index (κ1) is 15.6. The molecule has 0 bridgehead atoms. The lowest BCUT2D eigenvalue weighted by atomic mass is 10.0. The molecule has 0 radical (unpaired) electrons. The Bertz CT molecular complexity index is 970. The van der Waals surface area contributed by atoms with Crippen LogP contribution < -0.4 is 11.2 Å². The number of H-pyrrole nitrogens is 1. The molecule has 2 heterocycles. The first-order valence-corrected chi connectivity index (χ1v) is 7.85. The topological polar surface area (TPSA) is 64.1 Å². The van der Waals surface area contributed by atoms with Crippen LogP contribution in [0.25, 0.3) is 21.3 Å². The second kappa shape index (κ2) is 6.10. The molecule has 1 N–H and O–H groups in total. The minimum absolute atomic E-state index is 0.179. The Morgan fingerprint density at radius 2 is 1.96 bits per heavy atom. The second-order valence-electron chi connectivity index (χ2n) is 5.12. The Balaban J connectivity index is 2.30. The summed E-state index contributed by atoms with van der Waals surface area (Å²) in [5, 5.41) is 0.454. The van der Waals surface area contributed by atoms with Crippen molar-refractivity contribution in [1.29, 1.82) is 0 Å². The van der Waals surface area contributed by atoms with Crippen molar-refractivity contribution in [2.75, 3.05) is 13.7 Å². The zero-order valence-corrected chi connectivity index (χ0v) is 13.5. The fraction of sp³-hybridized carbons (Fsp3) is 0.250. The van der Waals surface area contributed by atoms with E-state index in [1.54, 1.807) is 12.1 Å². The average molecular weight is 334 g/mol. The number of halogens is 1. The van der Waals surface area contributed by atoms with Crippen LogP contribution in [0.4, 0.5) is 4.39 Å². The molecule has 2 aromatic heterocycles. The molecule has 0 aliphatic heterocycles. The van der Waals surface area contributed by atoms with E-state index in [1.807, 2.05) is 6.92 Å². The van der Waals surface area contributed by atoms with Gasteiger partial charge in [-0.3, -0.25) is 14.3 Å². The molecule has 3 aromatic rings. The van der Waals surface area contributed by atoms with E-state index in [2.05, 4.69) is 4.98 Å². The predicted molar refractivity (Wildman–Crippen MR) is 88.7 cm³/mol. The van der Waals surface area contributed by atoms with Crippen molar-refractivity contribution in [2.24, 2.45) is 0 Å². The third kappa shape index (κ3) is 2.73. The second-order valence-corrected chi connectivity index (χ2v) is 6.35. The molecular weight excluding hydrogens is 319 g/mol. The standard InChI is InChI=1S/C16H15FN2O3S/c1-9-12(10-3-5-11(17)6-4-10)13-14(23-9)18-16(21)19(15(13)20)7-8-22-2/h3-6H,7-8H2,1-2H3,(H,18,21). The van der Waals surface area contributed by atoms with Gasteiger partial charge in [-0.15, -0.1) is 11.3 Å². The maximum absolute atomic E-state index is 13.2. The number of hydrogen-bond acceptors (Lipinski definition) is 4. The quantitative estimate of drug-likeness (QED) is 0.797. The summed E-state index contributed by atoms with van der Waals surface area (Å²) in [7, 11) is 1.51. The van der Waals surface area contributed by atoms with Crippen LogP contribution >= 0.6 is 11.3 Å². The lowest BCUT2D eigenvalue weighted by molar-refractivity contribution is 0.185. The molecule has 0 saturated carbocycles. The summed E-state index contributed by atoms with van der Waals surface area (Å²) in [4.78, 5) is 29.0. The lowest BCUT2D eigenvalue weighted by Gasteiger charge is -2.05. The van der Waals surface area contributed by atoms with Crippen LogP contribution in [0.3, 0.4) is 0 Å². The van der Waals surface area contributed by atoms with Gasteiger partial charge in [-0.05, 0) is 24.6 Å². The first-order chi connectivity index (χ1) is 11.0. The highest BCUT2D eigenvalue weighted by Crippen LogP contribution is 2.35. The number of benzene rings is 1. The number of rotatable bonds is 4. The van der Waals surface area contributed by atoms with Gasteiger partial charge in [0.1, 0.15) is 10.6 Å². The molecule has 23 heavy (non-hydrogen) atoms. The van der Waals surface area contributed by atoms with Gasteiger partial charge in [-0.1, -0.05) is 12.1 Å². The van der Waals surface area contributed by atoms with Crippen LogP contribution in [-0.4, -0.2) is 23.3 Å². The Labute approximate surface area is 135 Å². The van der Waals surface area contributed by atoms with Crippen molar-refractivity contribution in [3.05, 3.63) is 55.8 Å². The largest absolute Gasteiger partial charge is 0.383 e. The monoisotopic (exact) mass is 334 g/mol. The normalized spacial score (nSPS) is 11.3. The summed E-state index contributed by atoms with van der Waals surface area (Å²) < 4.78 is 19.2. The van der Waals surface area contributed by atoms with Gasteiger partial charge >= 0.3 is 5.69 Å². The van der Waals surface area contributed by atoms with Gasteiger partial charge in [-0.2, -0.15) is 0 Å². The van der Waals surface area contributed by atoms with E-state index in [-0.39, 0.29) is 24.5 Å². The smallest absolute Gasteiger partial charge is 0.329 e. The highest BCUT2D eigenvalue weighted by Gasteiger charge is 2.18. The number of aryl methyl sites for hydroxylation is 1. The fourth-order valence-corrected chi connectivity index (χ4v) is 3.64. The van der Waals surface area contributed by atoms with Crippen LogP contribution in [0.2, 0.25) is 0 Å². The summed E-state index contributed by atoms with van der Waals surface area (Å²) in [6, 6.07) is 5.97. The van der Waals surface area contributed by atoms with Crippen molar-refractivity contribution < 1.29 is 9.13 Å². The average Bonchev–Trinajstić information content (AvgIpc) is 2.84. The zero-order chi connectivity index (χ0) is 16.6. The minimum Gasteiger partial charge on any atom is -0.383 e. The maximum Gasteiger partial charge on any atom is 0.329 e. The van der Waals surface area contributed by atoms with E-state index in [9.17, 15) is 14.0 Å². The Morgan fingerprint density at radius 3 is 2.61 bits per heavy atom. The molecule has 5 nitrogen and oxygen atoms in total. The van der Waals surface area contributed by atoms with Gasteiger partial charge in [0.05, 0.1) is 18.5 Å². The SMILES string of the molecule is COCCn1c(=O)[nH]c2sc(C)c(-c3ccc(F)cc3)c2c1=O. The molecule has 0 aliphatic carbocycles. The molecule has 0 saturated heterocycles. The number of hydrogen-bond donors (Lipinski definition) is 1. The van der Waals surface area contributed by atoms with E-state index in [0.29, 0.717) is 10.2 Å². The van der Waals surface area contributed by atoms with Gasteiger partial charge in [0, 0.05) is 17.6 Å². The summed E-state index contributed by atoms with van der Waals surface area (Å²) in [5.74, 6) is -0.336. The molecule has 1 aromatic carbocycles. The molecular formula is C16H15FN2O3S. The molecule has 0 aliphatic rings. The molecule has 0 amide bonds. The third-order valence-electron chi connectivity index (χ3n) is 3.66. The van der Waals surface area contributed by atoms with Gasteiger partial charge in [0.15, 0.2) is 0 Å². The van der Waals surface area contributed by atoms with Crippen molar-refractivity contribution >= 4 is 21.6 Å². The van der Waals surface area contributed by atoms with Crippen LogP contribution in [0, 0.1) is 12.7 Å². The molecule has 3 rings (SSSR count). The lowest BCUT2D eigenvalue weighted by Crippen LogP contribution is -2.35. The van der Waals surface area contributed by atoms with E-state index >= 15 is 0 Å². The number of aromatic amines is 1. The summed E-state index contributed by atoms with van der Waals surface area (Å²) in [6.45, 7) is 2.32. The summed E-state index contributed by atoms with van der Waals surface area (Å²) >= 11 is 1.34. The highest BCUT2D eigenvalue weighted by atomic mass is 32.1. The van der Waals surface area contributed by atoms with Gasteiger partial charge < -0.3 is 4.74 Å². The van der Waals surface area contributed by atoms with Crippen LogP contribution in [0.1, 0.15) is 4.88 Å². The molecule has 0 spiro atoms. The highest BCUT2D eigenvalue weighted by molar-refractivity contribution is 7.19. The van der Waals surface area contributed by atoms with Crippen LogP contribution in [0.5, 0.6) is 0 Å². The maximum atomic E-state index is 13.2. The minimum atomic E-state index is -0.452. The number of aromatic nitrogens is 2. The number of thiophene rings is 1. The third-order valence-corrected chi connectivity index (χ3v) is 4.68. The Morgan fingerprint density at radius 1 is 1.26 bits per heavy atom. The number of fused-ring (bicyclic) bond motifs is 1. The zero-order valence-electron chi connectivity index (χ0n) is 12.7. The molecule has 0 atom stereocenters. The van der Waals surface area contributed by atoms with E-state index in [0.717, 1.165) is 20.6 Å². The van der Waals surface area contributed by atoms with Crippen molar-refractivity contribution in [1.82, 2.24) is 9.55 Å². The number of nitrogens with zero attached hydrogens (tertiary/aromatic N) is 1. The van der Waals surface area contributed by atoms with Crippen molar-refractivity contribution in [3.8, 4) is 11.1 Å². The van der Waals surface area contributed by atoms with Crippen molar-refractivity contribution in [3.63, 3.8) is 0 Å². The fourth-order valence-electron chi connectivity index (χ4n) is 2.58. The van der Waals surface area contributed by atoms with E-state index in [4.69, 9.17) is 4.74 Å². The number of methoxy groups -OCH3 is 1.